The van der Waals surface area contributed by atoms with E-state index < -0.39 is 0 Å². The maximum atomic E-state index is 5.65. The molecule has 1 atom stereocenters. The van der Waals surface area contributed by atoms with Crippen molar-refractivity contribution in [2.24, 2.45) is 0 Å². The molecule has 2 nitrogen and oxygen atoms in total. The molecule has 0 saturated heterocycles. The fraction of sp³-hybridized carbons (Fsp3) is 0.833. The summed E-state index contributed by atoms with van der Waals surface area (Å²) in [6, 6.07) is 0. The summed E-state index contributed by atoms with van der Waals surface area (Å²) in [5.74, 6) is 1.52. The Morgan fingerprint density at radius 3 is 1.95 bits per heavy atom. The second-order valence-electron chi connectivity index (χ2n) is 6.08. The molecule has 1 heterocycles. The van der Waals surface area contributed by atoms with Gasteiger partial charge < -0.3 is 4.42 Å². The van der Waals surface area contributed by atoms with E-state index >= 15 is 0 Å². The largest absolute Gasteiger partial charge is 0.448 e. The Morgan fingerprint density at radius 1 is 0.900 bits per heavy atom. The van der Waals surface area contributed by atoms with Gasteiger partial charge in [0, 0.05) is 5.92 Å². The highest BCUT2D eigenvalue weighted by Gasteiger charge is 2.16. The molecular formula is C18H33NO. The molecule has 0 aliphatic rings. The van der Waals surface area contributed by atoms with E-state index in [1.165, 1.54) is 70.6 Å². The monoisotopic (exact) mass is 279 g/mol. The first kappa shape index (κ1) is 17.3. The molecule has 1 unspecified atom stereocenters. The zero-order chi connectivity index (χ0) is 14.6. The fourth-order valence-electron chi connectivity index (χ4n) is 2.76. The Morgan fingerprint density at radius 2 is 1.45 bits per heavy atom. The molecule has 1 aromatic heterocycles. The molecule has 0 fully saturated rings. The number of rotatable bonds is 12. The molecule has 0 saturated carbocycles. The van der Waals surface area contributed by atoms with E-state index in [2.05, 4.69) is 18.8 Å². The molecular weight excluding hydrogens is 246 g/mol. The van der Waals surface area contributed by atoms with Crippen LogP contribution in [0.4, 0.5) is 0 Å². The number of oxazole rings is 1. The highest BCUT2D eigenvalue weighted by atomic mass is 16.3. The van der Waals surface area contributed by atoms with Gasteiger partial charge in [0.05, 0.1) is 5.69 Å². The lowest BCUT2D eigenvalue weighted by Crippen LogP contribution is -2.00. The van der Waals surface area contributed by atoms with Gasteiger partial charge in [-0.05, 0) is 19.8 Å². The van der Waals surface area contributed by atoms with E-state index in [0.717, 1.165) is 11.6 Å². The Kier molecular flexibility index (Phi) is 9.44. The lowest BCUT2D eigenvalue weighted by Gasteiger charge is -2.13. The summed E-state index contributed by atoms with van der Waals surface area (Å²) in [7, 11) is 0. The van der Waals surface area contributed by atoms with Crippen LogP contribution in [-0.2, 0) is 0 Å². The number of hydrogen-bond donors (Lipinski definition) is 0. The molecule has 0 aromatic carbocycles. The first-order valence-corrected chi connectivity index (χ1v) is 8.70. The summed E-state index contributed by atoms with van der Waals surface area (Å²) in [6.45, 7) is 6.55. The van der Waals surface area contributed by atoms with Crippen LogP contribution in [0.15, 0.2) is 10.7 Å². The van der Waals surface area contributed by atoms with Crippen LogP contribution < -0.4 is 0 Å². The molecule has 0 amide bonds. The lowest BCUT2D eigenvalue weighted by molar-refractivity contribution is 0.393. The topological polar surface area (TPSA) is 26.0 Å². The third-order valence-corrected chi connectivity index (χ3v) is 4.05. The standard InChI is InChI=1S/C18H33NO/c1-4-6-8-10-12-14-17(13-11-9-7-5-2)18-19-16(3)15-20-18/h15,17H,4-14H2,1-3H3. The lowest BCUT2D eigenvalue weighted by atomic mass is 9.94. The first-order chi connectivity index (χ1) is 9.77. The van der Waals surface area contributed by atoms with Crippen molar-refractivity contribution in [3.63, 3.8) is 0 Å². The number of hydrogen-bond acceptors (Lipinski definition) is 2. The van der Waals surface area contributed by atoms with Crippen LogP contribution in [0.3, 0.4) is 0 Å². The van der Waals surface area contributed by atoms with E-state index in [1.54, 1.807) is 6.26 Å². The quantitative estimate of drug-likeness (QED) is 0.414. The summed E-state index contributed by atoms with van der Waals surface area (Å²) in [5.41, 5.74) is 1.02. The van der Waals surface area contributed by atoms with Crippen LogP contribution in [0.1, 0.15) is 102 Å². The summed E-state index contributed by atoms with van der Waals surface area (Å²) < 4.78 is 5.65. The highest BCUT2D eigenvalue weighted by molar-refractivity contribution is 4.98. The summed E-state index contributed by atoms with van der Waals surface area (Å²) in [4.78, 5) is 4.56. The predicted molar refractivity (Wildman–Crippen MR) is 86.1 cm³/mol. The van der Waals surface area contributed by atoms with Gasteiger partial charge in [0.2, 0.25) is 0 Å². The van der Waals surface area contributed by atoms with Crippen LogP contribution in [0.25, 0.3) is 0 Å². The van der Waals surface area contributed by atoms with E-state index in [0.29, 0.717) is 5.92 Å². The maximum absolute atomic E-state index is 5.65. The molecule has 116 valence electrons. The van der Waals surface area contributed by atoms with Crippen LogP contribution in [0, 0.1) is 6.92 Å². The van der Waals surface area contributed by atoms with Crippen molar-refractivity contribution in [3.8, 4) is 0 Å². The van der Waals surface area contributed by atoms with Crippen molar-refractivity contribution < 1.29 is 4.42 Å². The second-order valence-corrected chi connectivity index (χ2v) is 6.08. The molecule has 2 heteroatoms. The number of unbranched alkanes of at least 4 members (excludes halogenated alkanes) is 7. The average Bonchev–Trinajstić information content (AvgIpc) is 2.87. The maximum Gasteiger partial charge on any atom is 0.197 e. The normalized spacial score (nSPS) is 12.8. The van der Waals surface area contributed by atoms with E-state index in [-0.39, 0.29) is 0 Å². The van der Waals surface area contributed by atoms with Gasteiger partial charge in [-0.1, -0.05) is 71.6 Å². The number of aromatic nitrogens is 1. The van der Waals surface area contributed by atoms with Gasteiger partial charge >= 0.3 is 0 Å². The first-order valence-electron chi connectivity index (χ1n) is 8.70. The van der Waals surface area contributed by atoms with Crippen molar-refractivity contribution in [2.45, 2.75) is 97.3 Å². The molecule has 0 spiro atoms. The molecule has 0 aliphatic heterocycles. The number of nitrogens with zero attached hydrogens (tertiary/aromatic N) is 1. The molecule has 1 aromatic rings. The van der Waals surface area contributed by atoms with Crippen LogP contribution in [0.2, 0.25) is 0 Å². The minimum atomic E-state index is 0.544. The van der Waals surface area contributed by atoms with Gasteiger partial charge in [-0.25, -0.2) is 4.98 Å². The van der Waals surface area contributed by atoms with Crippen LogP contribution in [-0.4, -0.2) is 4.98 Å². The van der Waals surface area contributed by atoms with Crippen molar-refractivity contribution in [2.75, 3.05) is 0 Å². The highest BCUT2D eigenvalue weighted by Crippen LogP contribution is 2.28. The SMILES string of the molecule is CCCCCCCC(CCCCCC)c1nc(C)co1. The summed E-state index contributed by atoms with van der Waals surface area (Å²) in [6.07, 6.45) is 16.4. The summed E-state index contributed by atoms with van der Waals surface area (Å²) in [5, 5.41) is 0. The van der Waals surface area contributed by atoms with Crippen molar-refractivity contribution in [1.82, 2.24) is 4.98 Å². The van der Waals surface area contributed by atoms with Gasteiger partial charge in [0.25, 0.3) is 0 Å². The van der Waals surface area contributed by atoms with E-state index in [4.69, 9.17) is 4.42 Å². The molecule has 0 bridgehead atoms. The van der Waals surface area contributed by atoms with Gasteiger partial charge in [-0.3, -0.25) is 0 Å². The van der Waals surface area contributed by atoms with E-state index in [9.17, 15) is 0 Å². The Bertz CT molecular complexity index is 332. The minimum absolute atomic E-state index is 0.544. The average molecular weight is 279 g/mol. The fourth-order valence-corrected chi connectivity index (χ4v) is 2.76. The van der Waals surface area contributed by atoms with Gasteiger partial charge in [0.1, 0.15) is 6.26 Å². The van der Waals surface area contributed by atoms with Crippen molar-refractivity contribution >= 4 is 0 Å². The Hall–Kier alpha value is -0.790. The molecule has 0 aliphatic carbocycles. The zero-order valence-electron chi connectivity index (χ0n) is 13.8. The smallest absolute Gasteiger partial charge is 0.197 e. The van der Waals surface area contributed by atoms with Gasteiger partial charge in [-0.2, -0.15) is 0 Å². The second kappa shape index (κ2) is 10.9. The minimum Gasteiger partial charge on any atom is -0.448 e. The van der Waals surface area contributed by atoms with Gasteiger partial charge in [0.15, 0.2) is 5.89 Å². The Balaban J connectivity index is 2.34. The molecule has 20 heavy (non-hydrogen) atoms. The van der Waals surface area contributed by atoms with Crippen LogP contribution in [0.5, 0.6) is 0 Å². The summed E-state index contributed by atoms with van der Waals surface area (Å²) >= 11 is 0. The third-order valence-electron chi connectivity index (χ3n) is 4.05. The predicted octanol–water partition coefficient (Wildman–Crippen LogP) is 6.40. The van der Waals surface area contributed by atoms with E-state index in [1.807, 2.05) is 6.92 Å². The Labute approximate surface area is 125 Å². The molecule has 0 N–H and O–H groups in total. The zero-order valence-corrected chi connectivity index (χ0v) is 13.8. The molecule has 1 rings (SSSR count). The van der Waals surface area contributed by atoms with Crippen molar-refractivity contribution in [1.29, 1.82) is 0 Å². The van der Waals surface area contributed by atoms with Crippen LogP contribution >= 0.6 is 0 Å². The third kappa shape index (κ3) is 7.12. The van der Waals surface area contributed by atoms with Gasteiger partial charge in [-0.15, -0.1) is 0 Å². The number of aryl methyl sites for hydroxylation is 1. The van der Waals surface area contributed by atoms with Crippen molar-refractivity contribution in [3.05, 3.63) is 17.8 Å². The molecule has 0 radical (unpaired) electrons.